The summed E-state index contributed by atoms with van der Waals surface area (Å²) < 4.78 is 7.26. The highest BCUT2D eigenvalue weighted by Crippen LogP contribution is 2.09. The van der Waals surface area contributed by atoms with Crippen LogP contribution < -0.4 is 5.32 Å². The van der Waals surface area contributed by atoms with Crippen LogP contribution >= 0.6 is 0 Å². The molecule has 4 heteroatoms. The second-order valence-corrected chi connectivity index (χ2v) is 4.14. The maximum absolute atomic E-state index is 5.37. The van der Waals surface area contributed by atoms with Gasteiger partial charge in [0.2, 0.25) is 0 Å². The molecule has 0 saturated carbocycles. The molecule has 1 N–H and O–H groups in total. The van der Waals surface area contributed by atoms with E-state index >= 15 is 0 Å². The quantitative estimate of drug-likeness (QED) is 0.827. The number of rotatable bonds is 6. The molecule has 2 rings (SSSR count). The van der Waals surface area contributed by atoms with Crippen LogP contribution in [0.25, 0.3) is 5.52 Å². The molecule has 2 heterocycles. The van der Waals surface area contributed by atoms with Crippen LogP contribution in [0.4, 0.5) is 0 Å². The largest absolute Gasteiger partial charge is 0.380 e. The molecular formula is C13H19N3O. The van der Waals surface area contributed by atoms with E-state index in [1.165, 1.54) is 5.56 Å². The minimum Gasteiger partial charge on any atom is -0.380 e. The van der Waals surface area contributed by atoms with Gasteiger partial charge in [0, 0.05) is 31.0 Å². The Morgan fingerprint density at radius 3 is 3.18 bits per heavy atom. The summed E-state index contributed by atoms with van der Waals surface area (Å²) in [6, 6.07) is 6.45. The lowest BCUT2D eigenvalue weighted by Crippen LogP contribution is -2.30. The minimum atomic E-state index is 0.355. The molecule has 2 aromatic rings. The first-order valence-corrected chi connectivity index (χ1v) is 6.03. The van der Waals surface area contributed by atoms with E-state index in [1.807, 2.05) is 36.0 Å². The zero-order valence-corrected chi connectivity index (χ0v) is 10.4. The number of pyridine rings is 1. The molecule has 0 aliphatic rings. The summed E-state index contributed by atoms with van der Waals surface area (Å²) >= 11 is 0. The molecule has 0 spiro atoms. The van der Waals surface area contributed by atoms with Crippen molar-refractivity contribution in [3.8, 4) is 0 Å². The number of ether oxygens (including phenoxy) is 1. The minimum absolute atomic E-state index is 0.355. The van der Waals surface area contributed by atoms with E-state index in [2.05, 4.69) is 23.4 Å². The number of hydrogen-bond donors (Lipinski definition) is 1. The maximum Gasteiger partial charge on any atom is 0.0706 e. The average molecular weight is 233 g/mol. The number of fused-ring (bicyclic) bond motifs is 1. The Bertz CT molecular complexity index is 466. The molecule has 0 radical (unpaired) electrons. The summed E-state index contributed by atoms with van der Waals surface area (Å²) in [5, 5.41) is 7.74. The van der Waals surface area contributed by atoms with Crippen LogP contribution in [0.2, 0.25) is 0 Å². The fourth-order valence-electron chi connectivity index (χ4n) is 1.76. The van der Waals surface area contributed by atoms with Gasteiger partial charge in [0.15, 0.2) is 0 Å². The van der Waals surface area contributed by atoms with Crippen molar-refractivity contribution in [3.63, 3.8) is 0 Å². The highest BCUT2D eigenvalue weighted by atomic mass is 16.5. The van der Waals surface area contributed by atoms with Crippen LogP contribution in [-0.2, 0) is 11.3 Å². The molecule has 0 bridgehead atoms. The molecule has 0 aliphatic carbocycles. The van der Waals surface area contributed by atoms with Gasteiger partial charge in [-0.2, -0.15) is 5.10 Å². The molecule has 0 saturated heterocycles. The number of nitrogens with one attached hydrogen (secondary N) is 1. The Balaban J connectivity index is 1.95. The van der Waals surface area contributed by atoms with Gasteiger partial charge in [0.25, 0.3) is 0 Å². The molecule has 17 heavy (non-hydrogen) atoms. The molecule has 4 nitrogen and oxygen atoms in total. The molecule has 0 aromatic carbocycles. The third-order valence-electron chi connectivity index (χ3n) is 2.72. The number of hydrogen-bond acceptors (Lipinski definition) is 3. The first kappa shape index (κ1) is 12.1. The van der Waals surface area contributed by atoms with E-state index in [0.717, 1.165) is 25.3 Å². The van der Waals surface area contributed by atoms with Gasteiger partial charge in [0.05, 0.1) is 18.3 Å². The lowest BCUT2D eigenvalue weighted by molar-refractivity contribution is 0.127. The van der Waals surface area contributed by atoms with Gasteiger partial charge in [0.1, 0.15) is 0 Å². The van der Waals surface area contributed by atoms with E-state index in [4.69, 9.17) is 4.74 Å². The van der Waals surface area contributed by atoms with Gasteiger partial charge >= 0.3 is 0 Å². The zero-order chi connectivity index (χ0) is 12.1. The van der Waals surface area contributed by atoms with Gasteiger partial charge in [-0.3, -0.25) is 0 Å². The van der Waals surface area contributed by atoms with E-state index in [1.54, 1.807) is 0 Å². The number of nitrogens with zero attached hydrogens (tertiary/aromatic N) is 2. The third-order valence-corrected chi connectivity index (χ3v) is 2.72. The third kappa shape index (κ3) is 3.05. The van der Waals surface area contributed by atoms with E-state index in [9.17, 15) is 0 Å². The highest BCUT2D eigenvalue weighted by molar-refractivity contribution is 5.53. The smallest absolute Gasteiger partial charge is 0.0706 e. The van der Waals surface area contributed by atoms with Gasteiger partial charge < -0.3 is 10.1 Å². The van der Waals surface area contributed by atoms with Crippen LogP contribution in [0.15, 0.2) is 30.6 Å². The summed E-state index contributed by atoms with van der Waals surface area (Å²) in [4.78, 5) is 0. The lowest BCUT2D eigenvalue weighted by atomic mass is 10.2. The van der Waals surface area contributed by atoms with E-state index < -0.39 is 0 Å². The Morgan fingerprint density at radius 1 is 1.47 bits per heavy atom. The normalized spacial score (nSPS) is 13.1. The lowest BCUT2D eigenvalue weighted by Gasteiger charge is -2.12. The van der Waals surface area contributed by atoms with Crippen molar-refractivity contribution in [2.75, 3.05) is 13.2 Å². The van der Waals surface area contributed by atoms with Crippen molar-refractivity contribution < 1.29 is 4.74 Å². The van der Waals surface area contributed by atoms with Crippen molar-refractivity contribution in [1.82, 2.24) is 14.9 Å². The Hall–Kier alpha value is -1.39. The average Bonchev–Trinajstić information content (AvgIpc) is 2.77. The van der Waals surface area contributed by atoms with Gasteiger partial charge in [-0.15, -0.1) is 0 Å². The summed E-state index contributed by atoms with van der Waals surface area (Å²) in [6.45, 7) is 6.47. The van der Waals surface area contributed by atoms with Crippen molar-refractivity contribution in [2.24, 2.45) is 0 Å². The topological polar surface area (TPSA) is 38.6 Å². The zero-order valence-electron chi connectivity index (χ0n) is 10.4. The van der Waals surface area contributed by atoms with Crippen LogP contribution in [-0.4, -0.2) is 28.9 Å². The van der Waals surface area contributed by atoms with Gasteiger partial charge in [-0.05, 0) is 26.0 Å². The summed E-state index contributed by atoms with van der Waals surface area (Å²) in [6.07, 6.45) is 3.87. The molecule has 1 atom stereocenters. The van der Waals surface area contributed by atoms with E-state index in [0.29, 0.717) is 6.04 Å². The van der Waals surface area contributed by atoms with Gasteiger partial charge in [-0.25, -0.2) is 4.52 Å². The molecule has 0 aliphatic heterocycles. The van der Waals surface area contributed by atoms with Crippen LogP contribution in [0.5, 0.6) is 0 Å². The van der Waals surface area contributed by atoms with Crippen molar-refractivity contribution >= 4 is 5.52 Å². The highest BCUT2D eigenvalue weighted by Gasteiger charge is 2.05. The Morgan fingerprint density at radius 2 is 2.35 bits per heavy atom. The Kier molecular flexibility index (Phi) is 4.12. The monoisotopic (exact) mass is 233 g/mol. The SMILES string of the molecule is CCOCC(C)NCc1cnn2ccccc12. The first-order chi connectivity index (χ1) is 8.31. The second kappa shape index (κ2) is 5.80. The molecule has 2 aromatic heterocycles. The molecule has 0 fully saturated rings. The summed E-state index contributed by atoms with van der Waals surface area (Å²) in [5.41, 5.74) is 2.37. The van der Waals surface area contributed by atoms with Crippen LogP contribution in [0, 0.1) is 0 Å². The summed E-state index contributed by atoms with van der Waals surface area (Å²) in [7, 11) is 0. The summed E-state index contributed by atoms with van der Waals surface area (Å²) in [5.74, 6) is 0. The van der Waals surface area contributed by atoms with Gasteiger partial charge in [-0.1, -0.05) is 6.07 Å². The molecule has 0 amide bonds. The standard InChI is InChI=1S/C13H19N3O/c1-3-17-10-11(2)14-8-12-9-15-16-7-5-4-6-13(12)16/h4-7,9,11,14H,3,8,10H2,1-2H3. The predicted octanol–water partition coefficient (Wildman–Crippen LogP) is 1.85. The van der Waals surface area contributed by atoms with Crippen LogP contribution in [0.3, 0.4) is 0 Å². The molecule has 1 unspecified atom stereocenters. The fourth-order valence-corrected chi connectivity index (χ4v) is 1.76. The molecule has 92 valence electrons. The fraction of sp³-hybridized carbons (Fsp3) is 0.462. The first-order valence-electron chi connectivity index (χ1n) is 6.03. The molecular weight excluding hydrogens is 214 g/mol. The predicted molar refractivity (Wildman–Crippen MR) is 68.0 cm³/mol. The Labute approximate surface area is 102 Å². The number of aromatic nitrogens is 2. The van der Waals surface area contributed by atoms with Crippen molar-refractivity contribution in [1.29, 1.82) is 0 Å². The second-order valence-electron chi connectivity index (χ2n) is 4.14. The van der Waals surface area contributed by atoms with Crippen molar-refractivity contribution in [3.05, 3.63) is 36.2 Å². The van der Waals surface area contributed by atoms with E-state index in [-0.39, 0.29) is 0 Å². The van der Waals surface area contributed by atoms with Crippen molar-refractivity contribution in [2.45, 2.75) is 26.4 Å². The maximum atomic E-state index is 5.37. The van der Waals surface area contributed by atoms with Crippen LogP contribution in [0.1, 0.15) is 19.4 Å².